The van der Waals surface area contributed by atoms with Crippen LogP contribution in [0.4, 0.5) is 0 Å². The number of aromatic nitrogens is 3. The molecule has 4 heteroatoms. The van der Waals surface area contributed by atoms with Crippen molar-refractivity contribution >= 4 is 23.3 Å². The summed E-state index contributed by atoms with van der Waals surface area (Å²) in [4.78, 5) is 7.47. The van der Waals surface area contributed by atoms with Crippen LogP contribution in [0, 0.1) is 28.4 Å². The predicted molar refractivity (Wildman–Crippen MR) is 71.8 cm³/mol. The Kier molecular flexibility index (Phi) is 1.65. The predicted octanol–water partition coefficient (Wildman–Crippen LogP) is 3.31. The minimum absolute atomic E-state index is 0.680. The van der Waals surface area contributed by atoms with Crippen molar-refractivity contribution < 1.29 is 0 Å². The fourth-order valence-electron chi connectivity index (χ4n) is 4.90. The lowest BCUT2D eigenvalue weighted by Gasteiger charge is -2.10. The molecule has 2 heterocycles. The van der Waals surface area contributed by atoms with Gasteiger partial charge in [-0.05, 0) is 61.2 Å². The number of pyridine rings is 1. The molecule has 3 aliphatic rings. The van der Waals surface area contributed by atoms with Gasteiger partial charge in [-0.25, -0.2) is 0 Å². The number of aromatic amines is 1. The molecule has 0 radical (unpaired) electrons. The molecule has 1 N–H and O–H groups in total. The first-order valence-electron chi connectivity index (χ1n) is 6.89. The Bertz CT molecular complexity index is 684. The van der Waals surface area contributed by atoms with E-state index in [9.17, 15) is 0 Å². The van der Waals surface area contributed by atoms with Crippen LogP contribution in [-0.2, 0) is 0 Å². The Labute approximate surface area is 110 Å². The van der Waals surface area contributed by atoms with Crippen LogP contribution >= 0.6 is 12.2 Å². The fraction of sp³-hybridized carbons (Fsp3) is 0.571. The topological polar surface area (TPSA) is 33.6 Å². The first-order valence-corrected chi connectivity index (χ1v) is 7.29. The highest BCUT2D eigenvalue weighted by Gasteiger charge is 2.66. The average Bonchev–Trinajstić information content (AvgIpc) is 2.75. The Hall–Kier alpha value is -1.16. The highest BCUT2D eigenvalue weighted by molar-refractivity contribution is 7.71. The monoisotopic (exact) mass is 257 g/mol. The highest BCUT2D eigenvalue weighted by Crippen LogP contribution is 2.71. The molecule has 4 unspecified atom stereocenters. The van der Waals surface area contributed by atoms with E-state index in [1.807, 2.05) is 12.4 Å². The van der Waals surface area contributed by atoms with Crippen molar-refractivity contribution in [3.8, 4) is 0 Å². The molecular weight excluding hydrogens is 242 g/mol. The molecule has 5 rings (SSSR count). The van der Waals surface area contributed by atoms with Gasteiger partial charge in [-0.15, -0.1) is 0 Å². The lowest BCUT2D eigenvalue weighted by Crippen LogP contribution is -2.04. The molecule has 3 saturated carbocycles. The van der Waals surface area contributed by atoms with E-state index in [1.165, 1.54) is 24.8 Å². The molecule has 0 aromatic carbocycles. The van der Waals surface area contributed by atoms with Gasteiger partial charge in [0.1, 0.15) is 0 Å². The summed E-state index contributed by atoms with van der Waals surface area (Å²) in [5.74, 6) is 3.81. The van der Waals surface area contributed by atoms with Gasteiger partial charge in [0.25, 0.3) is 0 Å². The molecule has 3 fully saturated rings. The van der Waals surface area contributed by atoms with Gasteiger partial charge in [-0.2, -0.15) is 0 Å². The lowest BCUT2D eigenvalue weighted by molar-refractivity contribution is 0.456. The summed E-state index contributed by atoms with van der Waals surface area (Å²) in [7, 11) is 0. The van der Waals surface area contributed by atoms with Crippen molar-refractivity contribution in [2.45, 2.75) is 25.3 Å². The molecule has 4 atom stereocenters. The SMILES string of the molecule is S=c1[nH]c2cnccc2n1C1C2C3CCC(C3)C21. The minimum atomic E-state index is 0.680. The molecule has 0 saturated heterocycles. The third-order valence-electron chi connectivity index (χ3n) is 5.51. The summed E-state index contributed by atoms with van der Waals surface area (Å²) in [6.45, 7) is 0. The quantitative estimate of drug-likeness (QED) is 0.795. The van der Waals surface area contributed by atoms with E-state index < -0.39 is 0 Å². The second kappa shape index (κ2) is 3.05. The first kappa shape index (κ1) is 9.73. The number of imidazole rings is 1. The molecule has 2 aromatic heterocycles. The number of hydrogen-bond donors (Lipinski definition) is 1. The maximum atomic E-state index is 5.52. The Balaban J connectivity index is 1.68. The van der Waals surface area contributed by atoms with Crippen LogP contribution < -0.4 is 0 Å². The molecular formula is C14H15N3S. The van der Waals surface area contributed by atoms with Crippen LogP contribution in [-0.4, -0.2) is 14.5 Å². The Morgan fingerprint density at radius 2 is 2.06 bits per heavy atom. The van der Waals surface area contributed by atoms with Crippen molar-refractivity contribution in [1.29, 1.82) is 0 Å². The van der Waals surface area contributed by atoms with Gasteiger partial charge < -0.3 is 9.55 Å². The molecule has 3 aliphatic carbocycles. The number of rotatable bonds is 1. The van der Waals surface area contributed by atoms with Crippen LogP contribution in [0.25, 0.3) is 11.0 Å². The van der Waals surface area contributed by atoms with Gasteiger partial charge >= 0.3 is 0 Å². The third-order valence-corrected chi connectivity index (χ3v) is 5.81. The van der Waals surface area contributed by atoms with E-state index in [2.05, 4.69) is 20.6 Å². The summed E-state index contributed by atoms with van der Waals surface area (Å²) in [6.07, 6.45) is 8.16. The molecule has 2 bridgehead atoms. The smallest absolute Gasteiger partial charge is 0.178 e. The maximum absolute atomic E-state index is 5.52. The zero-order valence-electron chi connectivity index (χ0n) is 10.0. The number of fused-ring (bicyclic) bond motifs is 6. The van der Waals surface area contributed by atoms with Crippen molar-refractivity contribution in [2.24, 2.45) is 23.7 Å². The van der Waals surface area contributed by atoms with Crippen molar-refractivity contribution in [1.82, 2.24) is 14.5 Å². The second-order valence-electron chi connectivity index (χ2n) is 6.17. The van der Waals surface area contributed by atoms with Crippen LogP contribution in [0.3, 0.4) is 0 Å². The van der Waals surface area contributed by atoms with Crippen LogP contribution in [0.5, 0.6) is 0 Å². The molecule has 0 spiro atoms. The average molecular weight is 257 g/mol. The van der Waals surface area contributed by atoms with Gasteiger partial charge in [0.15, 0.2) is 4.77 Å². The van der Waals surface area contributed by atoms with Crippen LogP contribution in [0.15, 0.2) is 18.5 Å². The van der Waals surface area contributed by atoms with Gasteiger partial charge in [-0.1, -0.05) is 0 Å². The minimum Gasteiger partial charge on any atom is -0.329 e. The molecule has 0 aliphatic heterocycles. The Morgan fingerprint density at radius 3 is 2.83 bits per heavy atom. The van der Waals surface area contributed by atoms with Gasteiger partial charge in [0.05, 0.1) is 17.2 Å². The van der Waals surface area contributed by atoms with E-state index in [0.717, 1.165) is 34.0 Å². The van der Waals surface area contributed by atoms with Crippen molar-refractivity contribution in [3.05, 3.63) is 23.2 Å². The van der Waals surface area contributed by atoms with Gasteiger partial charge in [-0.3, -0.25) is 4.98 Å². The zero-order chi connectivity index (χ0) is 11.9. The Morgan fingerprint density at radius 1 is 1.28 bits per heavy atom. The number of nitrogens with one attached hydrogen (secondary N) is 1. The fourth-order valence-corrected chi connectivity index (χ4v) is 5.23. The lowest BCUT2D eigenvalue weighted by atomic mass is 10.0. The van der Waals surface area contributed by atoms with E-state index in [-0.39, 0.29) is 0 Å². The maximum Gasteiger partial charge on any atom is 0.178 e. The van der Waals surface area contributed by atoms with Crippen molar-refractivity contribution in [2.75, 3.05) is 0 Å². The zero-order valence-corrected chi connectivity index (χ0v) is 10.9. The van der Waals surface area contributed by atoms with E-state index in [4.69, 9.17) is 12.2 Å². The third kappa shape index (κ3) is 1.02. The summed E-state index contributed by atoms with van der Waals surface area (Å²) in [5.41, 5.74) is 2.33. The second-order valence-corrected chi connectivity index (χ2v) is 6.56. The van der Waals surface area contributed by atoms with Crippen LogP contribution in [0.2, 0.25) is 0 Å². The van der Waals surface area contributed by atoms with Gasteiger partial charge in [0, 0.05) is 12.2 Å². The largest absolute Gasteiger partial charge is 0.329 e. The molecule has 18 heavy (non-hydrogen) atoms. The summed E-state index contributed by atoms with van der Waals surface area (Å²) in [5, 5.41) is 0. The highest BCUT2D eigenvalue weighted by atomic mass is 32.1. The number of hydrogen-bond acceptors (Lipinski definition) is 2. The summed E-state index contributed by atoms with van der Waals surface area (Å²) in [6, 6.07) is 2.78. The van der Waals surface area contributed by atoms with E-state index in [0.29, 0.717) is 6.04 Å². The summed E-state index contributed by atoms with van der Waals surface area (Å²) < 4.78 is 3.27. The number of nitrogens with zero attached hydrogens (tertiary/aromatic N) is 2. The van der Waals surface area contributed by atoms with Gasteiger partial charge in [0.2, 0.25) is 0 Å². The first-order chi connectivity index (χ1) is 8.84. The summed E-state index contributed by atoms with van der Waals surface area (Å²) >= 11 is 5.52. The normalized spacial score (nSPS) is 40.3. The van der Waals surface area contributed by atoms with Crippen molar-refractivity contribution in [3.63, 3.8) is 0 Å². The number of H-pyrrole nitrogens is 1. The molecule has 0 amide bonds. The van der Waals surface area contributed by atoms with Crippen LogP contribution in [0.1, 0.15) is 25.3 Å². The molecule has 3 nitrogen and oxygen atoms in total. The van der Waals surface area contributed by atoms with E-state index in [1.54, 1.807) is 0 Å². The van der Waals surface area contributed by atoms with E-state index >= 15 is 0 Å². The standard InChI is InChI=1S/C14H15N3S/c18-14-16-9-6-15-4-3-10(9)17(14)13-11-7-1-2-8(5-7)12(11)13/h3-4,6-8,11-13H,1-2,5H2,(H,16,18). The molecule has 2 aromatic rings. The molecule has 92 valence electrons.